The average molecular weight is 457 g/mol. The molecule has 0 atom stereocenters. The van der Waals surface area contributed by atoms with Gasteiger partial charge in [0.05, 0.1) is 33.8 Å². The summed E-state index contributed by atoms with van der Waals surface area (Å²) in [6.45, 7) is 1.93. The van der Waals surface area contributed by atoms with Gasteiger partial charge in [0, 0.05) is 17.4 Å². The first-order valence-corrected chi connectivity index (χ1v) is 11.0. The number of aromatic hydroxyl groups is 1. The summed E-state index contributed by atoms with van der Waals surface area (Å²) in [7, 11) is 0. The van der Waals surface area contributed by atoms with Crippen molar-refractivity contribution < 1.29 is 9.90 Å². The summed E-state index contributed by atoms with van der Waals surface area (Å²) in [4.78, 5) is 22.5. The normalized spacial score (nSPS) is 10.9. The number of rotatable bonds is 5. The SMILES string of the molecule is Cc1nc2ccc(O)cn2c1-c1cnc(Nc2ccc(C(=O)Nc3ccccc3N)cc2)s1. The third kappa shape index (κ3) is 4.09. The third-order valence-corrected chi connectivity index (χ3v) is 6.04. The number of thiazole rings is 1. The number of nitrogens with two attached hydrogens (primary N) is 1. The Labute approximate surface area is 193 Å². The number of pyridine rings is 1. The van der Waals surface area contributed by atoms with Gasteiger partial charge in [0.15, 0.2) is 5.13 Å². The van der Waals surface area contributed by atoms with Crippen molar-refractivity contribution in [3.8, 4) is 16.3 Å². The zero-order chi connectivity index (χ0) is 22.9. The van der Waals surface area contributed by atoms with Gasteiger partial charge in [-0.3, -0.25) is 9.20 Å². The third-order valence-electron chi connectivity index (χ3n) is 5.12. The number of fused-ring (bicyclic) bond motifs is 1. The standard InChI is InChI=1S/C24H20N6O2S/c1-14-22(30-13-17(31)10-11-21(30)27-14)20-12-26-24(33-20)28-16-8-6-15(7-9-16)23(32)29-19-5-3-2-4-18(19)25/h2-13,31H,25H2,1H3,(H,26,28)(H,29,32). The first-order chi connectivity index (χ1) is 16.0. The predicted molar refractivity (Wildman–Crippen MR) is 131 cm³/mol. The topological polar surface area (TPSA) is 118 Å². The van der Waals surface area contributed by atoms with Crippen LogP contribution in [-0.4, -0.2) is 25.4 Å². The Morgan fingerprint density at radius 1 is 1.09 bits per heavy atom. The zero-order valence-corrected chi connectivity index (χ0v) is 18.4. The van der Waals surface area contributed by atoms with Crippen molar-refractivity contribution >= 4 is 45.1 Å². The van der Waals surface area contributed by atoms with Crippen LogP contribution in [0.15, 0.2) is 73.1 Å². The zero-order valence-electron chi connectivity index (χ0n) is 17.6. The van der Waals surface area contributed by atoms with E-state index in [4.69, 9.17) is 5.73 Å². The molecule has 0 saturated carbocycles. The largest absolute Gasteiger partial charge is 0.506 e. The highest BCUT2D eigenvalue weighted by molar-refractivity contribution is 7.18. The lowest BCUT2D eigenvalue weighted by molar-refractivity contribution is 0.102. The van der Waals surface area contributed by atoms with Crippen molar-refractivity contribution in [2.75, 3.05) is 16.4 Å². The molecular weight excluding hydrogens is 436 g/mol. The monoisotopic (exact) mass is 456 g/mol. The lowest BCUT2D eigenvalue weighted by Gasteiger charge is -2.08. The van der Waals surface area contributed by atoms with Crippen LogP contribution < -0.4 is 16.4 Å². The quantitative estimate of drug-likeness (QED) is 0.275. The second kappa shape index (κ2) is 8.29. The molecule has 0 aliphatic carbocycles. The molecule has 0 radical (unpaired) electrons. The lowest BCUT2D eigenvalue weighted by atomic mass is 10.2. The van der Waals surface area contributed by atoms with E-state index in [-0.39, 0.29) is 11.7 Å². The molecule has 0 fully saturated rings. The molecule has 9 heteroatoms. The number of hydrogen-bond donors (Lipinski definition) is 4. The summed E-state index contributed by atoms with van der Waals surface area (Å²) in [6, 6.07) is 17.6. The molecule has 0 saturated heterocycles. The fourth-order valence-corrected chi connectivity index (χ4v) is 4.45. The molecule has 0 aliphatic rings. The van der Waals surface area contributed by atoms with Gasteiger partial charge in [-0.2, -0.15) is 0 Å². The first kappa shape index (κ1) is 20.5. The van der Waals surface area contributed by atoms with Gasteiger partial charge in [-0.05, 0) is 55.5 Å². The molecule has 0 bridgehead atoms. The number of aryl methyl sites for hydroxylation is 1. The molecule has 0 spiro atoms. The molecule has 164 valence electrons. The molecule has 33 heavy (non-hydrogen) atoms. The molecule has 8 nitrogen and oxygen atoms in total. The van der Waals surface area contributed by atoms with Crippen molar-refractivity contribution in [2.45, 2.75) is 6.92 Å². The van der Waals surface area contributed by atoms with E-state index in [0.29, 0.717) is 22.1 Å². The number of aromatic nitrogens is 3. The van der Waals surface area contributed by atoms with E-state index in [1.54, 1.807) is 48.8 Å². The van der Waals surface area contributed by atoms with Gasteiger partial charge in [-0.15, -0.1) is 0 Å². The Kier molecular flexibility index (Phi) is 5.15. The Bertz CT molecular complexity index is 1470. The second-order valence-electron chi connectivity index (χ2n) is 7.43. The van der Waals surface area contributed by atoms with E-state index in [1.807, 2.05) is 35.6 Å². The maximum Gasteiger partial charge on any atom is 0.255 e. The van der Waals surface area contributed by atoms with Crippen LogP contribution in [0.5, 0.6) is 5.75 Å². The molecule has 2 aromatic carbocycles. The van der Waals surface area contributed by atoms with Gasteiger partial charge in [0.25, 0.3) is 5.91 Å². The van der Waals surface area contributed by atoms with Crippen molar-refractivity contribution in [3.05, 3.63) is 84.3 Å². The lowest BCUT2D eigenvalue weighted by Crippen LogP contribution is -2.13. The van der Waals surface area contributed by atoms with Crippen LogP contribution in [0.3, 0.4) is 0 Å². The molecule has 0 aliphatic heterocycles. The van der Waals surface area contributed by atoms with Crippen LogP contribution >= 0.6 is 11.3 Å². The highest BCUT2D eigenvalue weighted by Crippen LogP contribution is 2.34. The van der Waals surface area contributed by atoms with Crippen LogP contribution in [0.4, 0.5) is 22.2 Å². The maximum absolute atomic E-state index is 12.5. The number of carbonyl (C=O) groups excluding carboxylic acids is 1. The molecule has 0 unspecified atom stereocenters. The number of carbonyl (C=O) groups is 1. The fourth-order valence-electron chi connectivity index (χ4n) is 3.52. The van der Waals surface area contributed by atoms with Crippen molar-refractivity contribution in [3.63, 3.8) is 0 Å². The minimum absolute atomic E-state index is 0.170. The number of nitrogens with one attached hydrogen (secondary N) is 2. The highest BCUT2D eigenvalue weighted by atomic mass is 32.1. The number of benzene rings is 2. The molecular formula is C24H20N6O2S. The van der Waals surface area contributed by atoms with E-state index in [1.165, 1.54) is 11.3 Å². The molecule has 5 aromatic rings. The van der Waals surface area contributed by atoms with E-state index in [9.17, 15) is 9.90 Å². The summed E-state index contributed by atoms with van der Waals surface area (Å²) < 4.78 is 1.86. The Balaban J connectivity index is 1.32. The number of hydrogen-bond acceptors (Lipinski definition) is 7. The summed E-state index contributed by atoms with van der Waals surface area (Å²) in [5.74, 6) is -0.0644. The van der Waals surface area contributed by atoms with Crippen LogP contribution in [0.2, 0.25) is 0 Å². The molecule has 5 N–H and O–H groups in total. The first-order valence-electron chi connectivity index (χ1n) is 10.1. The highest BCUT2D eigenvalue weighted by Gasteiger charge is 2.15. The molecule has 3 heterocycles. The van der Waals surface area contributed by atoms with E-state index >= 15 is 0 Å². The second-order valence-corrected chi connectivity index (χ2v) is 8.47. The number of imidazole rings is 1. The number of para-hydroxylation sites is 2. The van der Waals surface area contributed by atoms with Gasteiger partial charge in [-0.1, -0.05) is 23.5 Å². The Hall–Kier alpha value is -4.37. The van der Waals surface area contributed by atoms with Gasteiger partial charge < -0.3 is 21.5 Å². The molecule has 1 amide bonds. The fraction of sp³-hybridized carbons (Fsp3) is 0.0417. The summed E-state index contributed by atoms with van der Waals surface area (Å²) in [5.41, 5.74) is 10.8. The van der Waals surface area contributed by atoms with Gasteiger partial charge in [0.2, 0.25) is 0 Å². The van der Waals surface area contributed by atoms with Crippen LogP contribution in [-0.2, 0) is 0 Å². The Morgan fingerprint density at radius 3 is 2.67 bits per heavy atom. The Morgan fingerprint density at radius 2 is 1.88 bits per heavy atom. The van der Waals surface area contributed by atoms with Crippen LogP contribution in [0.1, 0.15) is 16.1 Å². The van der Waals surface area contributed by atoms with E-state index < -0.39 is 0 Å². The smallest absolute Gasteiger partial charge is 0.255 e. The van der Waals surface area contributed by atoms with Crippen LogP contribution in [0.25, 0.3) is 16.2 Å². The van der Waals surface area contributed by atoms with Gasteiger partial charge in [-0.25, -0.2) is 9.97 Å². The summed E-state index contributed by atoms with van der Waals surface area (Å²) >= 11 is 1.48. The predicted octanol–water partition coefficient (Wildman–Crippen LogP) is 5.05. The van der Waals surface area contributed by atoms with Gasteiger partial charge in [0.1, 0.15) is 11.4 Å². The molecule has 5 rings (SSSR count). The average Bonchev–Trinajstić information content (AvgIpc) is 3.38. The number of nitrogen functional groups attached to an aromatic ring is 1. The number of anilines is 4. The van der Waals surface area contributed by atoms with Crippen molar-refractivity contribution in [2.24, 2.45) is 0 Å². The van der Waals surface area contributed by atoms with Gasteiger partial charge >= 0.3 is 0 Å². The van der Waals surface area contributed by atoms with E-state index in [0.717, 1.165) is 27.6 Å². The van der Waals surface area contributed by atoms with Crippen molar-refractivity contribution in [1.82, 2.24) is 14.4 Å². The maximum atomic E-state index is 12.5. The summed E-state index contributed by atoms with van der Waals surface area (Å²) in [6.07, 6.45) is 3.42. The summed E-state index contributed by atoms with van der Waals surface area (Å²) in [5, 5.41) is 16.6. The van der Waals surface area contributed by atoms with Crippen LogP contribution in [0, 0.1) is 6.92 Å². The minimum Gasteiger partial charge on any atom is -0.506 e. The number of amides is 1. The minimum atomic E-state index is -0.234. The molecule has 3 aromatic heterocycles. The number of nitrogens with zero attached hydrogens (tertiary/aromatic N) is 3. The van der Waals surface area contributed by atoms with Crippen molar-refractivity contribution in [1.29, 1.82) is 0 Å². The van der Waals surface area contributed by atoms with E-state index in [2.05, 4.69) is 20.6 Å².